The van der Waals surface area contributed by atoms with Crippen LogP contribution in [0.1, 0.15) is 40.5 Å². The summed E-state index contributed by atoms with van der Waals surface area (Å²) in [5.74, 6) is -1.80. The molecule has 2 unspecified atom stereocenters. The largest absolute Gasteiger partial charge is 0.465 e. The topological polar surface area (TPSA) is 134 Å². The number of nitrogens with zero attached hydrogens (tertiary/aromatic N) is 2. The molecule has 0 saturated carbocycles. The molecular weight excluding hydrogens is 420 g/mol. The molecule has 11 heteroatoms. The van der Waals surface area contributed by atoms with E-state index < -0.39 is 41.9 Å². The maximum atomic E-state index is 13.3. The molecular formula is C21H34N4O7. The quantitative estimate of drug-likeness (QED) is 0.489. The zero-order valence-corrected chi connectivity index (χ0v) is 19.2. The number of piperazine rings is 2. The number of carbonyl (C=O) groups excluding carboxylic acids is 5. The molecule has 2 N–H and O–H groups in total. The van der Waals surface area contributed by atoms with Gasteiger partial charge >= 0.3 is 18.0 Å². The molecule has 0 radical (unpaired) electrons. The number of urea groups is 1. The standard InChI is InChI=1S/C21H34N4O7/c1-13(2)11-31-17(26)9-15-19(28)22-5-7-24(15)21(30)25-8-6-23-20(29)16(25)10-18(27)32-12-14(3)4/h13-16H,5-12H2,1-4H3,(H,22,28)(H,23,29). The number of nitrogens with one attached hydrogen (secondary N) is 2. The molecule has 2 heterocycles. The number of hydrogen-bond acceptors (Lipinski definition) is 7. The van der Waals surface area contributed by atoms with Gasteiger partial charge in [-0.1, -0.05) is 27.7 Å². The summed E-state index contributed by atoms with van der Waals surface area (Å²) in [6.07, 6.45) is -0.573. The van der Waals surface area contributed by atoms with Crippen LogP contribution in [0.25, 0.3) is 0 Å². The second-order valence-electron chi connectivity index (χ2n) is 8.84. The number of carbonyl (C=O) groups is 5. The summed E-state index contributed by atoms with van der Waals surface area (Å²) >= 11 is 0. The van der Waals surface area contributed by atoms with Gasteiger partial charge in [0.2, 0.25) is 11.8 Å². The summed E-state index contributed by atoms with van der Waals surface area (Å²) in [5, 5.41) is 5.31. The van der Waals surface area contributed by atoms with Gasteiger partial charge in [-0.2, -0.15) is 0 Å². The van der Waals surface area contributed by atoms with Crippen LogP contribution >= 0.6 is 0 Å². The molecule has 2 atom stereocenters. The molecule has 0 aromatic heterocycles. The van der Waals surface area contributed by atoms with Crippen LogP contribution in [0.4, 0.5) is 4.79 Å². The van der Waals surface area contributed by atoms with Crippen LogP contribution in [-0.4, -0.2) is 91.1 Å². The first-order valence-electron chi connectivity index (χ1n) is 11.0. The van der Waals surface area contributed by atoms with E-state index in [2.05, 4.69) is 10.6 Å². The van der Waals surface area contributed by atoms with Gasteiger partial charge in [-0.3, -0.25) is 19.2 Å². The molecule has 2 rings (SSSR count). The Kier molecular flexibility index (Phi) is 9.27. The van der Waals surface area contributed by atoms with Gasteiger partial charge in [0.25, 0.3) is 0 Å². The van der Waals surface area contributed by atoms with Gasteiger partial charge in [0, 0.05) is 26.2 Å². The summed E-state index contributed by atoms with van der Waals surface area (Å²) in [6, 6.07) is -2.66. The summed E-state index contributed by atoms with van der Waals surface area (Å²) in [5.41, 5.74) is 0. The highest BCUT2D eigenvalue weighted by Gasteiger charge is 2.42. The number of amides is 4. The number of ether oxygens (including phenoxy) is 2. The summed E-state index contributed by atoms with van der Waals surface area (Å²) in [7, 11) is 0. The normalized spacial score (nSPS) is 21.3. The van der Waals surface area contributed by atoms with Crippen molar-refractivity contribution in [3.05, 3.63) is 0 Å². The molecule has 0 aromatic carbocycles. The van der Waals surface area contributed by atoms with Crippen molar-refractivity contribution in [3.63, 3.8) is 0 Å². The van der Waals surface area contributed by atoms with E-state index in [9.17, 15) is 24.0 Å². The predicted molar refractivity (Wildman–Crippen MR) is 113 cm³/mol. The van der Waals surface area contributed by atoms with E-state index in [-0.39, 0.29) is 64.1 Å². The van der Waals surface area contributed by atoms with Crippen molar-refractivity contribution in [1.82, 2.24) is 20.4 Å². The molecule has 4 amide bonds. The average molecular weight is 455 g/mol. The highest BCUT2D eigenvalue weighted by molar-refractivity contribution is 5.95. The van der Waals surface area contributed by atoms with Crippen LogP contribution in [0.15, 0.2) is 0 Å². The summed E-state index contributed by atoms with van der Waals surface area (Å²) in [6.45, 7) is 8.81. The van der Waals surface area contributed by atoms with Gasteiger partial charge in [-0.25, -0.2) is 4.79 Å². The predicted octanol–water partition coefficient (Wildman–Crippen LogP) is -0.114. The minimum Gasteiger partial charge on any atom is -0.465 e. The van der Waals surface area contributed by atoms with Crippen LogP contribution in [0.2, 0.25) is 0 Å². The van der Waals surface area contributed by atoms with Crippen molar-refractivity contribution in [3.8, 4) is 0 Å². The van der Waals surface area contributed by atoms with E-state index in [0.717, 1.165) is 0 Å². The third kappa shape index (κ3) is 7.10. The molecule has 11 nitrogen and oxygen atoms in total. The monoisotopic (exact) mass is 454 g/mol. The molecule has 32 heavy (non-hydrogen) atoms. The van der Waals surface area contributed by atoms with Gasteiger partial charge in [0.05, 0.1) is 26.1 Å². The molecule has 180 valence electrons. The Labute approximate surface area is 188 Å². The zero-order valence-electron chi connectivity index (χ0n) is 19.2. The van der Waals surface area contributed by atoms with E-state index in [1.54, 1.807) is 0 Å². The molecule has 0 spiro atoms. The maximum absolute atomic E-state index is 13.3. The molecule has 2 aliphatic heterocycles. The minimum absolute atomic E-state index is 0.139. The Morgan fingerprint density at radius 2 is 1.19 bits per heavy atom. The first-order chi connectivity index (χ1) is 15.1. The molecule has 0 aliphatic carbocycles. The van der Waals surface area contributed by atoms with E-state index in [0.29, 0.717) is 0 Å². The Balaban J connectivity index is 2.12. The molecule has 0 aromatic rings. The van der Waals surface area contributed by atoms with Gasteiger partial charge in [0.15, 0.2) is 0 Å². The highest BCUT2D eigenvalue weighted by atomic mass is 16.5. The van der Waals surface area contributed by atoms with Crippen LogP contribution in [0.3, 0.4) is 0 Å². The lowest BCUT2D eigenvalue weighted by molar-refractivity contribution is -0.149. The first kappa shape index (κ1) is 25.4. The zero-order chi connectivity index (χ0) is 23.8. The Morgan fingerprint density at radius 3 is 1.53 bits per heavy atom. The van der Waals surface area contributed by atoms with Crippen molar-refractivity contribution in [2.75, 3.05) is 39.4 Å². The van der Waals surface area contributed by atoms with Crippen molar-refractivity contribution in [2.45, 2.75) is 52.6 Å². The van der Waals surface area contributed by atoms with Gasteiger partial charge in [-0.15, -0.1) is 0 Å². The fourth-order valence-corrected chi connectivity index (χ4v) is 3.41. The van der Waals surface area contributed by atoms with Crippen molar-refractivity contribution in [2.24, 2.45) is 11.8 Å². The third-order valence-electron chi connectivity index (χ3n) is 5.03. The lowest BCUT2D eigenvalue weighted by Gasteiger charge is -2.41. The fourth-order valence-electron chi connectivity index (χ4n) is 3.41. The Hall–Kier alpha value is -2.85. The van der Waals surface area contributed by atoms with Crippen LogP contribution in [0.5, 0.6) is 0 Å². The SMILES string of the molecule is CC(C)COC(=O)CC1C(=O)NCCN1C(=O)N1CCNC(=O)C1CC(=O)OCC(C)C. The Bertz CT molecular complexity index is 667. The van der Waals surface area contributed by atoms with Crippen molar-refractivity contribution < 1.29 is 33.4 Å². The third-order valence-corrected chi connectivity index (χ3v) is 5.03. The van der Waals surface area contributed by atoms with Crippen LogP contribution in [-0.2, 0) is 28.7 Å². The number of esters is 2. The van der Waals surface area contributed by atoms with Crippen LogP contribution in [0, 0.1) is 11.8 Å². The maximum Gasteiger partial charge on any atom is 0.321 e. The highest BCUT2D eigenvalue weighted by Crippen LogP contribution is 2.18. The number of rotatable bonds is 8. The minimum atomic E-state index is -1.05. The first-order valence-corrected chi connectivity index (χ1v) is 11.0. The molecule has 2 aliphatic rings. The van der Waals surface area contributed by atoms with Crippen molar-refractivity contribution in [1.29, 1.82) is 0 Å². The van der Waals surface area contributed by atoms with Gasteiger partial charge < -0.3 is 29.9 Å². The second-order valence-corrected chi connectivity index (χ2v) is 8.84. The second kappa shape index (κ2) is 11.7. The van der Waals surface area contributed by atoms with Gasteiger partial charge in [-0.05, 0) is 11.8 Å². The fraction of sp³-hybridized carbons (Fsp3) is 0.762. The molecule has 2 fully saturated rings. The lowest BCUT2D eigenvalue weighted by atomic mass is 10.1. The summed E-state index contributed by atoms with van der Waals surface area (Å²) < 4.78 is 10.3. The lowest BCUT2D eigenvalue weighted by Crippen LogP contribution is -2.65. The summed E-state index contributed by atoms with van der Waals surface area (Å²) in [4.78, 5) is 65.2. The van der Waals surface area contributed by atoms with E-state index in [4.69, 9.17) is 9.47 Å². The van der Waals surface area contributed by atoms with Crippen LogP contribution < -0.4 is 10.6 Å². The Morgan fingerprint density at radius 1 is 0.812 bits per heavy atom. The van der Waals surface area contributed by atoms with E-state index in [1.807, 2.05) is 27.7 Å². The number of hydrogen-bond donors (Lipinski definition) is 2. The molecule has 2 saturated heterocycles. The van der Waals surface area contributed by atoms with Crippen molar-refractivity contribution >= 4 is 29.8 Å². The smallest absolute Gasteiger partial charge is 0.321 e. The average Bonchev–Trinajstić information content (AvgIpc) is 2.73. The van der Waals surface area contributed by atoms with Gasteiger partial charge in [0.1, 0.15) is 12.1 Å². The van der Waals surface area contributed by atoms with E-state index >= 15 is 0 Å². The van der Waals surface area contributed by atoms with E-state index in [1.165, 1.54) is 9.80 Å². The molecule has 0 bridgehead atoms.